The minimum absolute atomic E-state index is 0.219. The topological polar surface area (TPSA) is 43.8 Å². The lowest BCUT2D eigenvalue weighted by atomic mass is 10.0. The number of carbonyl (C=O) groups excluding carboxylic acids is 1. The van der Waals surface area contributed by atoms with Crippen LogP contribution in [0.5, 0.6) is 0 Å². The van der Waals surface area contributed by atoms with Crippen molar-refractivity contribution in [2.24, 2.45) is 0 Å². The quantitative estimate of drug-likeness (QED) is 0.922. The molecule has 0 aromatic heterocycles. The van der Waals surface area contributed by atoms with Crippen LogP contribution in [0.25, 0.3) is 0 Å². The minimum Gasteiger partial charge on any atom is -0.393 e. The second kappa shape index (κ2) is 6.48. The lowest BCUT2D eigenvalue weighted by molar-refractivity contribution is -0.132. The van der Waals surface area contributed by atoms with Crippen molar-refractivity contribution in [1.82, 2.24) is 4.90 Å². The summed E-state index contributed by atoms with van der Waals surface area (Å²) in [5.41, 5.74) is 2.70. The number of rotatable bonds is 3. The van der Waals surface area contributed by atoms with Crippen LogP contribution in [0.1, 0.15) is 31.2 Å². The third-order valence-electron chi connectivity index (χ3n) is 4.62. The van der Waals surface area contributed by atoms with Crippen molar-refractivity contribution in [3.05, 3.63) is 29.8 Å². The van der Waals surface area contributed by atoms with Gasteiger partial charge in [-0.3, -0.25) is 4.79 Å². The smallest absolute Gasteiger partial charge is 0.224 e. The Hall–Kier alpha value is -1.55. The van der Waals surface area contributed by atoms with Crippen molar-refractivity contribution in [3.8, 4) is 0 Å². The summed E-state index contributed by atoms with van der Waals surface area (Å²) in [6.45, 7) is 3.26. The molecule has 3 rings (SSSR count). The molecular formula is C17H24N2O2. The summed E-state index contributed by atoms with van der Waals surface area (Å²) >= 11 is 0. The maximum atomic E-state index is 12.3. The Morgan fingerprint density at radius 3 is 2.76 bits per heavy atom. The van der Waals surface area contributed by atoms with Crippen LogP contribution in [0, 0.1) is 0 Å². The van der Waals surface area contributed by atoms with E-state index < -0.39 is 0 Å². The van der Waals surface area contributed by atoms with Gasteiger partial charge in [0.2, 0.25) is 5.91 Å². The third-order valence-corrected chi connectivity index (χ3v) is 4.62. The summed E-state index contributed by atoms with van der Waals surface area (Å²) < 4.78 is 0. The fraction of sp³-hybridized carbons (Fsp3) is 0.588. The Morgan fingerprint density at radius 1 is 1.19 bits per heavy atom. The standard InChI is InChI=1S/C17H24N2O2/c20-15-7-11-19(12-8-15)17(21)9-13-18-10-3-5-14-4-1-2-6-16(14)18/h1-2,4,6,15,20H,3,5,7-13H2. The molecule has 0 unspecified atom stereocenters. The molecule has 0 spiro atoms. The number of aliphatic hydroxyl groups excluding tert-OH is 1. The first-order valence-corrected chi connectivity index (χ1v) is 8.03. The maximum Gasteiger partial charge on any atom is 0.224 e. The Balaban J connectivity index is 1.55. The number of fused-ring (bicyclic) bond motifs is 1. The number of piperidine rings is 1. The number of hydrogen-bond donors (Lipinski definition) is 1. The molecular weight excluding hydrogens is 264 g/mol. The molecule has 4 nitrogen and oxygen atoms in total. The highest BCUT2D eigenvalue weighted by Crippen LogP contribution is 2.26. The van der Waals surface area contributed by atoms with Crippen molar-refractivity contribution in [2.75, 3.05) is 31.1 Å². The summed E-state index contributed by atoms with van der Waals surface area (Å²) in [5.74, 6) is 0.227. The number of hydrogen-bond acceptors (Lipinski definition) is 3. The molecule has 1 amide bonds. The van der Waals surface area contributed by atoms with Gasteiger partial charge in [0.25, 0.3) is 0 Å². The molecule has 0 aliphatic carbocycles. The highest BCUT2D eigenvalue weighted by molar-refractivity contribution is 5.77. The Morgan fingerprint density at radius 2 is 1.95 bits per heavy atom. The Bertz CT molecular complexity index is 495. The molecule has 0 bridgehead atoms. The second-order valence-corrected chi connectivity index (χ2v) is 6.08. The highest BCUT2D eigenvalue weighted by Gasteiger charge is 2.22. The van der Waals surface area contributed by atoms with Crippen LogP contribution in [-0.2, 0) is 11.2 Å². The van der Waals surface area contributed by atoms with Gasteiger partial charge in [-0.05, 0) is 37.3 Å². The van der Waals surface area contributed by atoms with Gasteiger partial charge in [-0.1, -0.05) is 18.2 Å². The molecule has 2 aliphatic rings. The zero-order valence-corrected chi connectivity index (χ0v) is 12.5. The molecule has 0 atom stereocenters. The average Bonchev–Trinajstić information content (AvgIpc) is 2.53. The largest absolute Gasteiger partial charge is 0.393 e. The van der Waals surface area contributed by atoms with Gasteiger partial charge in [0.1, 0.15) is 0 Å². The number of carbonyl (C=O) groups is 1. The van der Waals surface area contributed by atoms with Crippen LogP contribution < -0.4 is 4.90 Å². The van der Waals surface area contributed by atoms with Gasteiger partial charge in [0, 0.05) is 38.3 Å². The Labute approximate surface area is 126 Å². The van der Waals surface area contributed by atoms with Gasteiger partial charge in [-0.25, -0.2) is 0 Å². The van der Waals surface area contributed by atoms with Crippen LogP contribution >= 0.6 is 0 Å². The number of aryl methyl sites for hydroxylation is 1. The minimum atomic E-state index is -0.219. The summed E-state index contributed by atoms with van der Waals surface area (Å²) in [7, 11) is 0. The number of amides is 1. The van der Waals surface area contributed by atoms with Crippen molar-refractivity contribution >= 4 is 11.6 Å². The molecule has 1 fully saturated rings. The van der Waals surface area contributed by atoms with Crippen LogP contribution in [0.15, 0.2) is 24.3 Å². The first-order chi connectivity index (χ1) is 10.2. The fourth-order valence-electron chi connectivity index (χ4n) is 3.35. The maximum absolute atomic E-state index is 12.3. The van der Waals surface area contributed by atoms with Gasteiger partial charge in [-0.15, -0.1) is 0 Å². The van der Waals surface area contributed by atoms with Crippen LogP contribution in [0.4, 0.5) is 5.69 Å². The summed E-state index contributed by atoms with van der Waals surface area (Å²) in [4.78, 5) is 16.5. The van der Waals surface area contributed by atoms with Crippen molar-refractivity contribution in [2.45, 2.75) is 38.2 Å². The van der Waals surface area contributed by atoms with E-state index in [2.05, 4.69) is 29.2 Å². The lowest BCUT2D eigenvalue weighted by Gasteiger charge is -2.33. The van der Waals surface area contributed by atoms with Gasteiger partial charge >= 0.3 is 0 Å². The van der Waals surface area contributed by atoms with Crippen molar-refractivity contribution < 1.29 is 9.90 Å². The molecule has 0 saturated carbocycles. The molecule has 1 aromatic carbocycles. The number of benzene rings is 1. The van der Waals surface area contributed by atoms with Crippen LogP contribution in [0.2, 0.25) is 0 Å². The first-order valence-electron chi connectivity index (χ1n) is 8.03. The van der Waals surface area contributed by atoms with E-state index in [9.17, 15) is 9.90 Å². The van der Waals surface area contributed by atoms with E-state index in [1.807, 2.05) is 4.90 Å². The van der Waals surface area contributed by atoms with Crippen LogP contribution in [-0.4, -0.2) is 48.2 Å². The zero-order valence-electron chi connectivity index (χ0n) is 12.5. The number of para-hydroxylation sites is 1. The van der Waals surface area contributed by atoms with Gasteiger partial charge in [-0.2, -0.15) is 0 Å². The van der Waals surface area contributed by atoms with E-state index in [4.69, 9.17) is 0 Å². The predicted octanol–water partition coefficient (Wildman–Crippen LogP) is 1.81. The molecule has 1 N–H and O–H groups in total. The van der Waals surface area contributed by atoms with E-state index >= 15 is 0 Å². The lowest BCUT2D eigenvalue weighted by Crippen LogP contribution is -2.41. The van der Waals surface area contributed by atoms with E-state index in [0.717, 1.165) is 32.4 Å². The molecule has 0 radical (unpaired) electrons. The van der Waals surface area contributed by atoms with Crippen molar-refractivity contribution in [3.63, 3.8) is 0 Å². The monoisotopic (exact) mass is 288 g/mol. The van der Waals surface area contributed by atoms with Gasteiger partial charge in [0.05, 0.1) is 6.10 Å². The van der Waals surface area contributed by atoms with E-state index in [1.165, 1.54) is 17.7 Å². The number of likely N-dealkylation sites (tertiary alicyclic amines) is 1. The van der Waals surface area contributed by atoms with Gasteiger partial charge in [0.15, 0.2) is 0 Å². The molecule has 2 aliphatic heterocycles. The van der Waals surface area contributed by atoms with E-state index in [0.29, 0.717) is 19.5 Å². The summed E-state index contributed by atoms with van der Waals surface area (Å²) in [5, 5.41) is 9.51. The fourth-order valence-corrected chi connectivity index (χ4v) is 3.35. The van der Waals surface area contributed by atoms with Crippen LogP contribution in [0.3, 0.4) is 0 Å². The predicted molar refractivity (Wildman–Crippen MR) is 83.4 cm³/mol. The first kappa shape index (κ1) is 14.4. The molecule has 4 heteroatoms. The van der Waals surface area contributed by atoms with Gasteiger partial charge < -0.3 is 14.9 Å². The normalized spacial score (nSPS) is 19.5. The highest BCUT2D eigenvalue weighted by atomic mass is 16.3. The Kier molecular flexibility index (Phi) is 4.44. The average molecular weight is 288 g/mol. The van der Waals surface area contributed by atoms with Crippen molar-refractivity contribution in [1.29, 1.82) is 0 Å². The molecule has 2 heterocycles. The second-order valence-electron chi connectivity index (χ2n) is 6.08. The molecule has 1 saturated heterocycles. The SMILES string of the molecule is O=C(CCN1CCCc2ccccc21)N1CCC(O)CC1. The zero-order chi connectivity index (χ0) is 14.7. The molecule has 114 valence electrons. The molecule has 21 heavy (non-hydrogen) atoms. The summed E-state index contributed by atoms with van der Waals surface area (Å²) in [6, 6.07) is 8.52. The molecule has 1 aromatic rings. The number of nitrogens with zero attached hydrogens (tertiary/aromatic N) is 2. The van der Waals surface area contributed by atoms with E-state index in [-0.39, 0.29) is 12.0 Å². The van der Waals surface area contributed by atoms with E-state index in [1.54, 1.807) is 0 Å². The third kappa shape index (κ3) is 3.38. The number of anilines is 1. The number of aliphatic hydroxyl groups is 1. The summed E-state index contributed by atoms with van der Waals surface area (Å²) in [6.07, 6.45) is 4.11.